The number of amides is 1. The molecule has 0 aliphatic carbocycles. The Morgan fingerprint density at radius 1 is 1.42 bits per heavy atom. The van der Waals surface area contributed by atoms with Crippen LogP contribution in [0.3, 0.4) is 0 Å². The van der Waals surface area contributed by atoms with E-state index in [-0.39, 0.29) is 30.1 Å². The Morgan fingerprint density at radius 3 is 2.68 bits per heavy atom. The van der Waals surface area contributed by atoms with Gasteiger partial charge in [-0.2, -0.15) is 0 Å². The van der Waals surface area contributed by atoms with Crippen LogP contribution in [0.5, 0.6) is 0 Å². The zero-order valence-electron chi connectivity index (χ0n) is 11.5. The summed E-state index contributed by atoms with van der Waals surface area (Å²) in [7, 11) is 1.74. The van der Waals surface area contributed by atoms with E-state index in [2.05, 4.69) is 0 Å². The molecule has 1 heterocycles. The first kappa shape index (κ1) is 13.7. The maximum atomic E-state index is 12.3. The number of Topliss-reactive ketones (excluding diaryl/α,β-unsaturated/α-hetero) is 1. The highest BCUT2D eigenvalue weighted by atomic mass is 16.3. The molecule has 0 aromatic heterocycles. The van der Waals surface area contributed by atoms with E-state index in [9.17, 15) is 14.7 Å². The minimum absolute atomic E-state index is 0.0437. The second kappa shape index (κ2) is 5.13. The zero-order valence-corrected chi connectivity index (χ0v) is 11.5. The van der Waals surface area contributed by atoms with Gasteiger partial charge in [0, 0.05) is 24.2 Å². The molecule has 1 unspecified atom stereocenters. The number of fused-ring (bicyclic) bond motifs is 1. The topological polar surface area (TPSA) is 57.6 Å². The lowest BCUT2D eigenvalue weighted by molar-refractivity contribution is -0.117. The van der Waals surface area contributed by atoms with E-state index in [0.29, 0.717) is 12.0 Å². The Morgan fingerprint density at radius 2 is 2.11 bits per heavy atom. The maximum absolute atomic E-state index is 12.3. The first-order chi connectivity index (χ1) is 8.95. The number of aliphatic hydroxyl groups excluding tert-OH is 1. The van der Waals surface area contributed by atoms with E-state index in [1.54, 1.807) is 24.1 Å². The highest BCUT2D eigenvalue weighted by Gasteiger charge is 2.27. The quantitative estimate of drug-likeness (QED) is 0.838. The van der Waals surface area contributed by atoms with Crippen molar-refractivity contribution in [3.63, 3.8) is 0 Å². The highest BCUT2D eigenvalue weighted by Crippen LogP contribution is 2.29. The van der Waals surface area contributed by atoms with E-state index in [1.807, 2.05) is 19.9 Å². The van der Waals surface area contributed by atoms with Crippen LogP contribution < -0.4 is 4.90 Å². The van der Waals surface area contributed by atoms with Gasteiger partial charge in [-0.25, -0.2) is 0 Å². The summed E-state index contributed by atoms with van der Waals surface area (Å²) in [6.07, 6.45) is 0.346. The Kier molecular flexibility index (Phi) is 3.71. The van der Waals surface area contributed by atoms with E-state index >= 15 is 0 Å². The number of anilines is 1. The maximum Gasteiger partial charge on any atom is 0.231 e. The van der Waals surface area contributed by atoms with Crippen molar-refractivity contribution in [2.75, 3.05) is 18.6 Å². The highest BCUT2D eigenvalue weighted by molar-refractivity contribution is 6.04. The van der Waals surface area contributed by atoms with Crippen LogP contribution in [-0.2, 0) is 11.2 Å². The number of ketones is 1. The van der Waals surface area contributed by atoms with Crippen LogP contribution in [-0.4, -0.2) is 30.5 Å². The molecule has 0 fully saturated rings. The summed E-state index contributed by atoms with van der Waals surface area (Å²) in [6.45, 7) is 3.69. The lowest BCUT2D eigenvalue weighted by Gasteiger charge is -2.17. The lowest BCUT2D eigenvalue weighted by Crippen LogP contribution is -2.24. The van der Waals surface area contributed by atoms with Gasteiger partial charge in [0.15, 0.2) is 5.78 Å². The standard InChI is InChI=1S/C15H19NO3/c1-9(2)12(8-17)15(19)10-4-5-13-11(6-10)7-14(18)16(13)3/h4-6,9,12,17H,7-8H2,1-3H3. The molecule has 4 heteroatoms. The third kappa shape index (κ3) is 2.40. The molecule has 4 nitrogen and oxygen atoms in total. The number of rotatable bonds is 4. The van der Waals surface area contributed by atoms with Gasteiger partial charge in [-0.1, -0.05) is 13.8 Å². The van der Waals surface area contributed by atoms with Gasteiger partial charge in [-0.15, -0.1) is 0 Å². The third-order valence-electron chi connectivity index (χ3n) is 3.78. The summed E-state index contributed by atoms with van der Waals surface area (Å²) >= 11 is 0. The normalized spacial score (nSPS) is 15.8. The summed E-state index contributed by atoms with van der Waals surface area (Å²) in [5.74, 6) is -0.299. The molecule has 102 valence electrons. The number of benzene rings is 1. The molecule has 2 rings (SSSR count). The molecular formula is C15H19NO3. The first-order valence-corrected chi connectivity index (χ1v) is 6.50. The van der Waals surface area contributed by atoms with E-state index in [0.717, 1.165) is 11.3 Å². The van der Waals surface area contributed by atoms with Gasteiger partial charge >= 0.3 is 0 Å². The van der Waals surface area contributed by atoms with Crippen LogP contribution in [0.4, 0.5) is 5.69 Å². The molecule has 0 saturated carbocycles. The number of nitrogens with zero attached hydrogens (tertiary/aromatic N) is 1. The molecule has 0 radical (unpaired) electrons. The van der Waals surface area contributed by atoms with Crippen molar-refractivity contribution < 1.29 is 14.7 Å². The van der Waals surface area contributed by atoms with Gasteiger partial charge in [0.1, 0.15) is 0 Å². The number of hydrogen-bond donors (Lipinski definition) is 1. The molecule has 1 amide bonds. The first-order valence-electron chi connectivity index (χ1n) is 6.50. The van der Waals surface area contributed by atoms with Crippen molar-refractivity contribution in [2.24, 2.45) is 11.8 Å². The molecule has 0 saturated heterocycles. The smallest absolute Gasteiger partial charge is 0.231 e. The largest absolute Gasteiger partial charge is 0.396 e. The van der Waals surface area contributed by atoms with Crippen LogP contribution in [0.1, 0.15) is 29.8 Å². The summed E-state index contributed by atoms with van der Waals surface area (Å²) in [6, 6.07) is 5.33. The van der Waals surface area contributed by atoms with Gasteiger partial charge in [0.2, 0.25) is 5.91 Å². The van der Waals surface area contributed by atoms with Crippen LogP contribution in [0.25, 0.3) is 0 Å². The number of aliphatic hydroxyl groups is 1. The molecule has 1 aromatic carbocycles. The van der Waals surface area contributed by atoms with Gasteiger partial charge in [0.25, 0.3) is 0 Å². The molecule has 1 N–H and O–H groups in total. The van der Waals surface area contributed by atoms with Gasteiger partial charge < -0.3 is 10.0 Å². The van der Waals surface area contributed by atoms with Gasteiger partial charge in [0.05, 0.1) is 13.0 Å². The molecule has 0 bridgehead atoms. The molecule has 1 aliphatic rings. The van der Waals surface area contributed by atoms with Crippen molar-refractivity contribution in [1.82, 2.24) is 0 Å². The fourth-order valence-electron chi connectivity index (χ4n) is 2.43. The fraction of sp³-hybridized carbons (Fsp3) is 0.467. The minimum atomic E-state index is -0.382. The second-order valence-corrected chi connectivity index (χ2v) is 5.37. The zero-order chi connectivity index (χ0) is 14.2. The number of carbonyl (C=O) groups excluding carboxylic acids is 2. The van der Waals surface area contributed by atoms with Crippen LogP contribution in [0.2, 0.25) is 0 Å². The predicted octanol–water partition coefficient (Wildman–Crippen LogP) is 1.65. The minimum Gasteiger partial charge on any atom is -0.396 e. The van der Waals surface area contributed by atoms with Crippen molar-refractivity contribution >= 4 is 17.4 Å². The number of carbonyl (C=O) groups is 2. The Bertz CT molecular complexity index is 522. The van der Waals surface area contributed by atoms with Gasteiger partial charge in [-0.3, -0.25) is 9.59 Å². The van der Waals surface area contributed by atoms with Crippen LogP contribution >= 0.6 is 0 Å². The second-order valence-electron chi connectivity index (χ2n) is 5.37. The third-order valence-corrected chi connectivity index (χ3v) is 3.78. The van der Waals surface area contributed by atoms with Crippen LogP contribution in [0.15, 0.2) is 18.2 Å². The van der Waals surface area contributed by atoms with E-state index in [4.69, 9.17) is 0 Å². The number of likely N-dealkylation sites (N-methyl/N-ethyl adjacent to an activating group) is 1. The number of hydrogen-bond acceptors (Lipinski definition) is 3. The Hall–Kier alpha value is -1.68. The predicted molar refractivity (Wildman–Crippen MR) is 73.3 cm³/mol. The molecule has 1 aliphatic heterocycles. The molecule has 0 spiro atoms. The molecule has 1 aromatic rings. The summed E-state index contributed by atoms with van der Waals surface area (Å²) in [5.41, 5.74) is 2.33. The Balaban J connectivity index is 2.31. The van der Waals surface area contributed by atoms with E-state index in [1.165, 1.54) is 0 Å². The van der Waals surface area contributed by atoms with Crippen molar-refractivity contribution in [3.8, 4) is 0 Å². The molecule has 19 heavy (non-hydrogen) atoms. The van der Waals surface area contributed by atoms with E-state index < -0.39 is 0 Å². The molecule has 1 atom stereocenters. The lowest BCUT2D eigenvalue weighted by atomic mass is 9.88. The summed E-state index contributed by atoms with van der Waals surface area (Å²) in [4.78, 5) is 25.5. The van der Waals surface area contributed by atoms with Gasteiger partial charge in [-0.05, 0) is 29.7 Å². The monoisotopic (exact) mass is 261 g/mol. The molecular weight excluding hydrogens is 242 g/mol. The van der Waals surface area contributed by atoms with Crippen molar-refractivity contribution in [1.29, 1.82) is 0 Å². The van der Waals surface area contributed by atoms with Crippen molar-refractivity contribution in [3.05, 3.63) is 29.3 Å². The van der Waals surface area contributed by atoms with Crippen LogP contribution in [0, 0.1) is 11.8 Å². The summed E-state index contributed by atoms with van der Waals surface area (Å²) < 4.78 is 0. The average molecular weight is 261 g/mol. The SMILES string of the molecule is CC(C)C(CO)C(=O)c1ccc2c(c1)CC(=O)N2C. The Labute approximate surface area is 113 Å². The average Bonchev–Trinajstić information content (AvgIpc) is 2.65. The van der Waals surface area contributed by atoms with Crippen molar-refractivity contribution in [2.45, 2.75) is 20.3 Å². The summed E-state index contributed by atoms with van der Waals surface area (Å²) in [5, 5.41) is 9.32. The fourth-order valence-corrected chi connectivity index (χ4v) is 2.43.